The van der Waals surface area contributed by atoms with Crippen LogP contribution in [0, 0.1) is 17.3 Å². The van der Waals surface area contributed by atoms with Gasteiger partial charge in [0.2, 0.25) is 11.8 Å². The first-order chi connectivity index (χ1) is 9.62. The molecular formula is C17H30N2O2. The van der Waals surface area contributed by atoms with Crippen LogP contribution in [0.1, 0.15) is 60.8 Å². The van der Waals surface area contributed by atoms with E-state index in [4.69, 9.17) is 0 Å². The van der Waals surface area contributed by atoms with Gasteiger partial charge in [0.1, 0.15) is 12.1 Å². The van der Waals surface area contributed by atoms with E-state index in [9.17, 15) is 9.59 Å². The number of hydrogen-bond acceptors (Lipinski definition) is 2. The van der Waals surface area contributed by atoms with E-state index in [1.807, 2.05) is 32.6 Å². The van der Waals surface area contributed by atoms with Crippen LogP contribution in [-0.2, 0) is 9.59 Å². The Morgan fingerprint density at radius 2 is 1.67 bits per heavy atom. The van der Waals surface area contributed by atoms with Crippen LogP contribution in [0.15, 0.2) is 0 Å². The summed E-state index contributed by atoms with van der Waals surface area (Å²) in [6.45, 7) is 12.4. The van der Waals surface area contributed by atoms with Crippen molar-refractivity contribution in [3.05, 3.63) is 0 Å². The van der Waals surface area contributed by atoms with Gasteiger partial charge in [-0.25, -0.2) is 0 Å². The number of hydrogen-bond donors (Lipinski definition) is 1. The Hall–Kier alpha value is -1.06. The number of nitrogens with zero attached hydrogens (tertiary/aromatic N) is 1. The normalized spacial score (nSPS) is 38.4. The molecule has 0 radical (unpaired) electrons. The lowest BCUT2D eigenvalue weighted by Gasteiger charge is -2.48. The molecule has 1 N–H and O–H groups in total. The van der Waals surface area contributed by atoms with E-state index in [1.165, 1.54) is 0 Å². The highest BCUT2D eigenvalue weighted by Crippen LogP contribution is 2.35. The third-order valence-electron chi connectivity index (χ3n) is 5.41. The predicted molar refractivity (Wildman–Crippen MR) is 83.7 cm³/mol. The summed E-state index contributed by atoms with van der Waals surface area (Å²) in [4.78, 5) is 27.1. The molecule has 2 amide bonds. The summed E-state index contributed by atoms with van der Waals surface area (Å²) >= 11 is 0. The van der Waals surface area contributed by atoms with Crippen molar-refractivity contribution < 1.29 is 9.59 Å². The van der Waals surface area contributed by atoms with Gasteiger partial charge >= 0.3 is 0 Å². The highest BCUT2D eigenvalue weighted by molar-refractivity contribution is 5.97. The zero-order valence-corrected chi connectivity index (χ0v) is 14.3. The van der Waals surface area contributed by atoms with Crippen LogP contribution in [0.25, 0.3) is 0 Å². The molecule has 1 aliphatic heterocycles. The van der Waals surface area contributed by atoms with Crippen molar-refractivity contribution in [3.63, 3.8) is 0 Å². The van der Waals surface area contributed by atoms with Gasteiger partial charge in [0.15, 0.2) is 0 Å². The van der Waals surface area contributed by atoms with Crippen molar-refractivity contribution in [3.8, 4) is 0 Å². The van der Waals surface area contributed by atoms with Gasteiger partial charge in [0, 0.05) is 6.04 Å². The van der Waals surface area contributed by atoms with Crippen molar-refractivity contribution in [2.75, 3.05) is 0 Å². The Bertz CT molecular complexity index is 427. The number of piperazine rings is 1. The van der Waals surface area contributed by atoms with E-state index < -0.39 is 6.04 Å². The molecule has 2 rings (SSSR count). The molecule has 0 aromatic carbocycles. The van der Waals surface area contributed by atoms with Gasteiger partial charge in [-0.05, 0) is 43.4 Å². The molecule has 0 bridgehead atoms. The van der Waals surface area contributed by atoms with Gasteiger partial charge in [-0.1, -0.05) is 34.6 Å². The lowest BCUT2D eigenvalue weighted by Crippen LogP contribution is -2.68. The summed E-state index contributed by atoms with van der Waals surface area (Å²) in [6, 6.07) is -0.535. The van der Waals surface area contributed by atoms with E-state index in [0.29, 0.717) is 11.8 Å². The van der Waals surface area contributed by atoms with E-state index >= 15 is 0 Å². The first kappa shape index (κ1) is 16.3. The summed E-state index contributed by atoms with van der Waals surface area (Å²) in [5.41, 5.74) is -0.251. The lowest BCUT2D eigenvalue weighted by molar-refractivity contribution is -0.156. The van der Waals surface area contributed by atoms with Crippen molar-refractivity contribution in [2.24, 2.45) is 17.3 Å². The molecule has 1 saturated carbocycles. The molecule has 0 aromatic rings. The summed E-state index contributed by atoms with van der Waals surface area (Å²) in [6.07, 6.45) is 3.18. The molecular weight excluding hydrogens is 264 g/mol. The lowest BCUT2D eigenvalue weighted by atomic mass is 9.77. The minimum atomic E-state index is -0.407. The third kappa shape index (κ3) is 3.09. The topological polar surface area (TPSA) is 49.4 Å². The fourth-order valence-electron chi connectivity index (χ4n) is 3.65. The molecule has 1 aliphatic carbocycles. The minimum absolute atomic E-state index is 0.0131. The van der Waals surface area contributed by atoms with Crippen molar-refractivity contribution >= 4 is 11.8 Å². The van der Waals surface area contributed by atoms with Crippen LogP contribution in [0.5, 0.6) is 0 Å². The molecule has 2 aliphatic rings. The van der Waals surface area contributed by atoms with E-state index in [-0.39, 0.29) is 29.3 Å². The van der Waals surface area contributed by atoms with Crippen LogP contribution in [0.4, 0.5) is 0 Å². The van der Waals surface area contributed by atoms with Gasteiger partial charge in [-0.15, -0.1) is 0 Å². The largest absolute Gasteiger partial charge is 0.342 e. The number of rotatable bonds is 1. The fourth-order valence-corrected chi connectivity index (χ4v) is 3.65. The summed E-state index contributed by atoms with van der Waals surface area (Å²) < 4.78 is 0. The van der Waals surface area contributed by atoms with Crippen LogP contribution >= 0.6 is 0 Å². The molecule has 2 fully saturated rings. The second kappa shape index (κ2) is 5.62. The molecule has 5 unspecified atom stereocenters. The average molecular weight is 294 g/mol. The molecule has 5 atom stereocenters. The van der Waals surface area contributed by atoms with E-state index in [0.717, 1.165) is 19.3 Å². The van der Waals surface area contributed by atoms with Gasteiger partial charge in [0.25, 0.3) is 0 Å². The highest BCUT2D eigenvalue weighted by Gasteiger charge is 2.46. The van der Waals surface area contributed by atoms with Crippen LogP contribution in [-0.4, -0.2) is 34.8 Å². The Morgan fingerprint density at radius 3 is 2.19 bits per heavy atom. The summed E-state index contributed by atoms with van der Waals surface area (Å²) in [5, 5.41) is 2.91. The molecule has 4 heteroatoms. The summed E-state index contributed by atoms with van der Waals surface area (Å²) in [7, 11) is 0. The number of carbonyl (C=O) groups excluding carboxylic acids is 2. The average Bonchev–Trinajstić information content (AvgIpc) is 2.37. The molecule has 0 aromatic heterocycles. The maximum atomic E-state index is 12.9. The molecule has 4 nitrogen and oxygen atoms in total. The first-order valence-electron chi connectivity index (χ1n) is 8.25. The second-order valence-corrected chi connectivity index (χ2v) is 8.15. The van der Waals surface area contributed by atoms with E-state index in [1.54, 1.807) is 0 Å². The van der Waals surface area contributed by atoms with Crippen LogP contribution < -0.4 is 5.32 Å². The maximum Gasteiger partial charge on any atom is 0.246 e. The molecule has 120 valence electrons. The highest BCUT2D eigenvalue weighted by atomic mass is 16.2. The second-order valence-electron chi connectivity index (χ2n) is 8.15. The number of nitrogens with one attached hydrogen (secondary N) is 1. The zero-order chi connectivity index (χ0) is 15.9. The Balaban J connectivity index is 2.23. The Kier molecular flexibility index (Phi) is 4.36. The predicted octanol–water partition coefficient (Wildman–Crippen LogP) is 2.57. The molecule has 21 heavy (non-hydrogen) atoms. The van der Waals surface area contributed by atoms with Gasteiger partial charge in [-0.2, -0.15) is 0 Å². The third-order valence-corrected chi connectivity index (χ3v) is 5.41. The van der Waals surface area contributed by atoms with Gasteiger partial charge < -0.3 is 10.2 Å². The standard InChI is InChI=1S/C17H30N2O2/c1-10-7-8-13(9-11(10)2)19-12(3)15(20)18-14(16(19)21)17(4,5)6/h10-14H,7-9H2,1-6H3,(H,18,20). The van der Waals surface area contributed by atoms with Crippen LogP contribution in [0.2, 0.25) is 0 Å². The smallest absolute Gasteiger partial charge is 0.246 e. The van der Waals surface area contributed by atoms with Gasteiger partial charge in [0.05, 0.1) is 0 Å². The van der Waals surface area contributed by atoms with Crippen molar-refractivity contribution in [2.45, 2.75) is 78.9 Å². The maximum absolute atomic E-state index is 12.9. The molecule has 1 saturated heterocycles. The fraction of sp³-hybridized carbons (Fsp3) is 0.882. The molecule has 0 spiro atoms. The Morgan fingerprint density at radius 1 is 1.05 bits per heavy atom. The summed E-state index contributed by atoms with van der Waals surface area (Å²) in [5.74, 6) is 1.41. The number of amides is 2. The first-order valence-corrected chi connectivity index (χ1v) is 8.25. The number of carbonyl (C=O) groups is 2. The zero-order valence-electron chi connectivity index (χ0n) is 14.3. The SMILES string of the molecule is CC1CCC(N2C(=O)C(C(C)(C)C)NC(=O)C2C)CC1C. The van der Waals surface area contributed by atoms with Crippen LogP contribution in [0.3, 0.4) is 0 Å². The van der Waals surface area contributed by atoms with Crippen molar-refractivity contribution in [1.29, 1.82) is 0 Å². The monoisotopic (exact) mass is 294 g/mol. The minimum Gasteiger partial charge on any atom is -0.342 e. The quantitative estimate of drug-likeness (QED) is 0.808. The van der Waals surface area contributed by atoms with E-state index in [2.05, 4.69) is 19.2 Å². The van der Waals surface area contributed by atoms with Crippen molar-refractivity contribution in [1.82, 2.24) is 10.2 Å². The Labute approximate surface area is 128 Å². The van der Waals surface area contributed by atoms with Gasteiger partial charge in [-0.3, -0.25) is 9.59 Å². The molecule has 1 heterocycles.